The standard InChI is InChI=1S/C22H30FN7O/c1-3-7-18(12-23)31-22-27-19(24)21-26-14-17(30(21)28-22)11-16-10-15(2)20(25-13-16)29-8-5-4-6-9-29/h10,13-14,18H,3-9,11-12H2,1-2H3,(H2,24,27,28)/t18-/m1/s1. The van der Waals surface area contributed by atoms with Gasteiger partial charge in [-0.1, -0.05) is 19.4 Å². The number of nitrogens with zero attached hydrogens (tertiary/aromatic N) is 6. The Labute approximate surface area is 181 Å². The van der Waals surface area contributed by atoms with Gasteiger partial charge in [0.15, 0.2) is 11.5 Å². The van der Waals surface area contributed by atoms with Gasteiger partial charge in [0, 0.05) is 25.7 Å². The lowest BCUT2D eigenvalue weighted by atomic mass is 10.1. The van der Waals surface area contributed by atoms with Crippen molar-refractivity contribution in [3.63, 3.8) is 0 Å². The molecule has 1 aliphatic rings. The molecule has 0 radical (unpaired) electrons. The fourth-order valence-corrected chi connectivity index (χ4v) is 4.11. The highest BCUT2D eigenvalue weighted by molar-refractivity contribution is 5.60. The topological polar surface area (TPSA) is 94.5 Å². The summed E-state index contributed by atoms with van der Waals surface area (Å²) in [5, 5.41) is 4.42. The number of aryl methyl sites for hydroxylation is 1. The largest absolute Gasteiger partial charge is 0.456 e. The van der Waals surface area contributed by atoms with Crippen molar-refractivity contribution in [1.82, 2.24) is 24.6 Å². The molecule has 3 aromatic heterocycles. The summed E-state index contributed by atoms with van der Waals surface area (Å²) in [6.45, 7) is 5.62. The quantitative estimate of drug-likeness (QED) is 0.588. The van der Waals surface area contributed by atoms with Gasteiger partial charge in [0.25, 0.3) is 0 Å². The van der Waals surface area contributed by atoms with Gasteiger partial charge in [-0.3, -0.25) is 0 Å². The summed E-state index contributed by atoms with van der Waals surface area (Å²) in [6.07, 6.45) is 8.79. The monoisotopic (exact) mass is 427 g/mol. The van der Waals surface area contributed by atoms with Gasteiger partial charge in [-0.2, -0.15) is 4.98 Å². The van der Waals surface area contributed by atoms with E-state index in [1.807, 2.05) is 13.1 Å². The highest BCUT2D eigenvalue weighted by atomic mass is 19.1. The summed E-state index contributed by atoms with van der Waals surface area (Å²) in [5.41, 5.74) is 9.58. The number of aromatic nitrogens is 5. The lowest BCUT2D eigenvalue weighted by Crippen LogP contribution is -2.30. The van der Waals surface area contributed by atoms with E-state index >= 15 is 0 Å². The first-order valence-corrected chi connectivity index (χ1v) is 11.0. The van der Waals surface area contributed by atoms with Gasteiger partial charge in [0.05, 0.1) is 11.9 Å². The zero-order chi connectivity index (χ0) is 21.8. The van der Waals surface area contributed by atoms with Crippen LogP contribution < -0.4 is 15.4 Å². The van der Waals surface area contributed by atoms with Crippen LogP contribution in [0.25, 0.3) is 5.65 Å². The smallest absolute Gasteiger partial charge is 0.336 e. The summed E-state index contributed by atoms with van der Waals surface area (Å²) >= 11 is 0. The van der Waals surface area contributed by atoms with Crippen LogP contribution in [-0.2, 0) is 6.42 Å². The first kappa shape index (κ1) is 21.3. The molecule has 31 heavy (non-hydrogen) atoms. The lowest BCUT2D eigenvalue weighted by Gasteiger charge is -2.29. The first-order valence-electron chi connectivity index (χ1n) is 11.0. The van der Waals surface area contributed by atoms with Crippen molar-refractivity contribution < 1.29 is 9.13 Å². The van der Waals surface area contributed by atoms with Crippen molar-refractivity contribution in [1.29, 1.82) is 0 Å². The maximum Gasteiger partial charge on any atom is 0.336 e. The highest BCUT2D eigenvalue weighted by Crippen LogP contribution is 2.24. The number of ether oxygens (including phenoxy) is 1. The van der Waals surface area contributed by atoms with E-state index in [4.69, 9.17) is 15.5 Å². The molecule has 4 rings (SSSR count). The maximum absolute atomic E-state index is 13.2. The number of hydrogen-bond acceptors (Lipinski definition) is 7. The Kier molecular flexibility index (Phi) is 6.48. The average Bonchev–Trinajstić information content (AvgIpc) is 3.17. The number of nitrogen functional groups attached to an aromatic ring is 1. The molecule has 8 nitrogen and oxygen atoms in total. The number of fused-ring (bicyclic) bond motifs is 1. The second kappa shape index (κ2) is 9.45. The van der Waals surface area contributed by atoms with Crippen molar-refractivity contribution in [3.8, 4) is 6.01 Å². The van der Waals surface area contributed by atoms with Gasteiger partial charge in [0.2, 0.25) is 0 Å². The van der Waals surface area contributed by atoms with Crippen LogP contribution in [-0.4, -0.2) is 50.4 Å². The van der Waals surface area contributed by atoms with Crippen molar-refractivity contribution in [2.75, 3.05) is 30.4 Å². The molecule has 9 heteroatoms. The molecule has 166 valence electrons. The average molecular weight is 428 g/mol. The maximum atomic E-state index is 13.2. The molecule has 0 aromatic carbocycles. The molecule has 1 atom stereocenters. The number of alkyl halides is 1. The van der Waals surface area contributed by atoms with Crippen molar-refractivity contribution in [3.05, 3.63) is 35.3 Å². The Morgan fingerprint density at radius 2 is 2.00 bits per heavy atom. The second-order valence-corrected chi connectivity index (χ2v) is 8.16. The minimum atomic E-state index is -0.597. The lowest BCUT2D eigenvalue weighted by molar-refractivity contribution is 0.139. The fraction of sp³-hybridized carbons (Fsp3) is 0.545. The second-order valence-electron chi connectivity index (χ2n) is 8.16. The molecule has 0 bridgehead atoms. The van der Waals surface area contributed by atoms with E-state index in [1.54, 1.807) is 10.7 Å². The van der Waals surface area contributed by atoms with E-state index in [1.165, 1.54) is 19.3 Å². The number of pyridine rings is 1. The molecule has 0 aliphatic carbocycles. The van der Waals surface area contributed by atoms with Crippen LogP contribution in [0.1, 0.15) is 55.8 Å². The molecule has 0 saturated carbocycles. The van der Waals surface area contributed by atoms with Crippen molar-refractivity contribution in [2.24, 2.45) is 0 Å². The van der Waals surface area contributed by atoms with Crippen LogP contribution in [0.2, 0.25) is 0 Å². The zero-order valence-corrected chi connectivity index (χ0v) is 18.2. The van der Waals surface area contributed by atoms with E-state index in [9.17, 15) is 4.39 Å². The number of anilines is 2. The third-order valence-corrected chi connectivity index (χ3v) is 5.64. The highest BCUT2D eigenvalue weighted by Gasteiger charge is 2.18. The van der Waals surface area contributed by atoms with Gasteiger partial charge in [-0.15, -0.1) is 5.10 Å². The molecule has 0 unspecified atom stereocenters. The predicted octanol–water partition coefficient (Wildman–Crippen LogP) is 3.51. The third-order valence-electron chi connectivity index (χ3n) is 5.64. The number of piperidine rings is 1. The molecule has 0 spiro atoms. The van der Waals surface area contributed by atoms with E-state index in [-0.39, 0.29) is 11.8 Å². The van der Waals surface area contributed by atoms with E-state index in [2.05, 4.69) is 33.0 Å². The van der Waals surface area contributed by atoms with Crippen LogP contribution in [0.15, 0.2) is 18.5 Å². The van der Waals surface area contributed by atoms with Crippen molar-refractivity contribution >= 4 is 17.3 Å². The Morgan fingerprint density at radius 1 is 1.19 bits per heavy atom. The van der Waals surface area contributed by atoms with Gasteiger partial charge in [-0.25, -0.2) is 18.9 Å². The first-order chi connectivity index (χ1) is 15.1. The molecule has 1 saturated heterocycles. The summed E-state index contributed by atoms with van der Waals surface area (Å²) in [5.74, 6) is 1.28. The predicted molar refractivity (Wildman–Crippen MR) is 118 cm³/mol. The number of nitrogens with two attached hydrogens (primary N) is 1. The molecule has 2 N–H and O–H groups in total. The van der Waals surface area contributed by atoms with Crippen LogP contribution in [0.3, 0.4) is 0 Å². The van der Waals surface area contributed by atoms with Crippen LogP contribution >= 0.6 is 0 Å². The summed E-state index contributed by atoms with van der Waals surface area (Å²) in [4.78, 5) is 15.6. The Balaban J connectivity index is 1.57. The molecular formula is C22H30FN7O. The minimum absolute atomic E-state index is 0.0649. The normalized spacial score (nSPS) is 15.4. The molecule has 3 aromatic rings. The SMILES string of the molecule is CCC[C@H](CF)Oc1nc(N)c2ncc(Cc3cnc(N4CCCCC4)c(C)c3)n2n1. The number of imidazole rings is 1. The summed E-state index contributed by atoms with van der Waals surface area (Å²) < 4.78 is 20.5. The summed E-state index contributed by atoms with van der Waals surface area (Å²) in [7, 11) is 0. The Bertz CT molecular complexity index is 1030. The molecule has 4 heterocycles. The molecule has 1 aliphatic heterocycles. The van der Waals surface area contributed by atoms with Crippen LogP contribution in [0, 0.1) is 6.92 Å². The summed E-state index contributed by atoms with van der Waals surface area (Å²) in [6, 6.07) is 2.23. The van der Waals surface area contributed by atoms with Gasteiger partial charge in [-0.05, 0) is 43.7 Å². The Morgan fingerprint density at radius 3 is 2.71 bits per heavy atom. The van der Waals surface area contributed by atoms with Crippen LogP contribution in [0.5, 0.6) is 6.01 Å². The van der Waals surface area contributed by atoms with E-state index in [0.29, 0.717) is 18.5 Å². The van der Waals surface area contributed by atoms with E-state index < -0.39 is 12.8 Å². The number of rotatable bonds is 8. The minimum Gasteiger partial charge on any atom is -0.456 e. The van der Waals surface area contributed by atoms with Gasteiger partial charge in [0.1, 0.15) is 18.6 Å². The molecule has 0 amide bonds. The van der Waals surface area contributed by atoms with Crippen LogP contribution in [0.4, 0.5) is 16.0 Å². The fourth-order valence-electron chi connectivity index (χ4n) is 4.11. The van der Waals surface area contributed by atoms with E-state index in [0.717, 1.165) is 42.1 Å². The number of halogens is 1. The third kappa shape index (κ3) is 4.70. The molecule has 1 fully saturated rings. The number of hydrogen-bond donors (Lipinski definition) is 1. The molecular weight excluding hydrogens is 397 g/mol. The Hall–Kier alpha value is -2.97. The zero-order valence-electron chi connectivity index (χ0n) is 18.2. The van der Waals surface area contributed by atoms with Crippen molar-refractivity contribution in [2.45, 2.75) is 58.5 Å². The van der Waals surface area contributed by atoms with Gasteiger partial charge >= 0.3 is 6.01 Å². The van der Waals surface area contributed by atoms with Gasteiger partial charge < -0.3 is 15.4 Å².